The molecule has 19 heteroatoms. The van der Waals surface area contributed by atoms with Gasteiger partial charge in [0.25, 0.3) is 11.8 Å². The number of hydrogen-bond acceptors (Lipinski definition) is 12. The Morgan fingerprint density at radius 1 is 0.635 bits per heavy atom. The normalized spacial score (nSPS) is 10.7. The molecule has 16 nitrogen and oxygen atoms in total. The molecule has 52 heavy (non-hydrogen) atoms. The maximum Gasteiger partial charge on any atom is 2.00 e. The molecule has 0 radical (unpaired) electrons. The first-order chi connectivity index (χ1) is 24.6. The van der Waals surface area contributed by atoms with Crippen molar-refractivity contribution in [3.05, 3.63) is 131 Å². The molecule has 2 N–H and O–H groups in total. The second-order valence-electron chi connectivity index (χ2n) is 10.8. The molecule has 2 aromatic carbocycles. The molecule has 256 valence electrons. The van der Waals surface area contributed by atoms with Gasteiger partial charge < -0.3 is 30.4 Å². The monoisotopic (exact) mass is 716 g/mol. The average molecular weight is 717 g/mol. The van der Waals surface area contributed by atoms with Gasteiger partial charge in [0.1, 0.15) is 24.3 Å². The number of aromatic carboxylic acids is 2. The first-order valence-electron chi connectivity index (χ1n) is 14.9. The number of anilines is 2. The number of hydrogen-bond donors (Lipinski definition) is 2. The van der Waals surface area contributed by atoms with E-state index in [1.807, 2.05) is 0 Å². The zero-order valence-corrected chi connectivity index (χ0v) is 28.1. The molecule has 4 heterocycles. The van der Waals surface area contributed by atoms with E-state index in [1.54, 1.807) is 21.5 Å². The number of aromatic nitrogens is 8. The molecule has 6 rings (SSSR count). The molecule has 0 aliphatic carbocycles. The van der Waals surface area contributed by atoms with E-state index in [4.69, 9.17) is 0 Å². The van der Waals surface area contributed by atoms with Crippen LogP contribution in [0.15, 0.2) is 86.0 Å². The van der Waals surface area contributed by atoms with Crippen LogP contribution in [0.3, 0.4) is 0 Å². The third-order valence-corrected chi connectivity index (χ3v) is 7.51. The summed E-state index contributed by atoms with van der Waals surface area (Å²) in [6.45, 7) is 0. The topological polar surface area (TPSA) is 226 Å². The summed E-state index contributed by atoms with van der Waals surface area (Å²) in [5.74, 6) is -6.25. The van der Waals surface area contributed by atoms with Crippen molar-refractivity contribution >= 4 is 58.2 Å². The Labute approximate surface area is 307 Å². The van der Waals surface area contributed by atoms with Crippen LogP contribution in [0, 0.1) is 11.6 Å². The maximum absolute atomic E-state index is 15.0. The van der Waals surface area contributed by atoms with Crippen molar-refractivity contribution in [3.8, 4) is 11.6 Å². The fourth-order valence-corrected chi connectivity index (χ4v) is 4.96. The summed E-state index contributed by atoms with van der Waals surface area (Å²) < 4.78 is 33.1. The fourth-order valence-electron chi connectivity index (χ4n) is 4.96. The quantitative estimate of drug-likeness (QED) is 0.169. The van der Waals surface area contributed by atoms with E-state index in [0.717, 1.165) is 12.1 Å². The molecule has 0 spiro atoms. The maximum atomic E-state index is 15.0. The van der Waals surface area contributed by atoms with Gasteiger partial charge >= 0.3 is 23.1 Å². The minimum Gasteiger partial charge on any atom is -0.545 e. The van der Waals surface area contributed by atoms with Crippen molar-refractivity contribution in [2.45, 2.75) is 19.3 Å². The zero-order chi connectivity index (χ0) is 36.1. The van der Waals surface area contributed by atoms with E-state index in [1.165, 1.54) is 49.3 Å². The van der Waals surface area contributed by atoms with E-state index in [0.29, 0.717) is 23.8 Å². The van der Waals surface area contributed by atoms with E-state index in [2.05, 4.69) is 41.0 Å². The smallest absolute Gasteiger partial charge is 0.545 e. The van der Waals surface area contributed by atoms with Gasteiger partial charge in [0.05, 0.1) is 23.3 Å². The van der Waals surface area contributed by atoms with Crippen molar-refractivity contribution in [1.82, 2.24) is 39.5 Å². The van der Waals surface area contributed by atoms with Gasteiger partial charge in [-0.1, -0.05) is 0 Å². The Morgan fingerprint density at radius 3 is 1.38 bits per heavy atom. The summed E-state index contributed by atoms with van der Waals surface area (Å²) in [6.07, 6.45) is 9.18. The van der Waals surface area contributed by atoms with Gasteiger partial charge in [0, 0.05) is 35.9 Å². The van der Waals surface area contributed by atoms with Crippen molar-refractivity contribution in [1.29, 1.82) is 0 Å². The van der Waals surface area contributed by atoms with Gasteiger partial charge in [-0.3, -0.25) is 18.7 Å². The number of aryl methyl sites for hydroxylation is 2. The van der Waals surface area contributed by atoms with Crippen LogP contribution in [-0.2, 0) is 12.8 Å². The van der Waals surface area contributed by atoms with Crippen LogP contribution >= 0.6 is 0 Å². The van der Waals surface area contributed by atoms with Gasteiger partial charge in [-0.2, -0.15) is 0 Å². The van der Waals surface area contributed by atoms with E-state index in [-0.39, 0.29) is 76.2 Å². The second kappa shape index (κ2) is 16.0. The van der Waals surface area contributed by atoms with Crippen LogP contribution in [0.1, 0.15) is 59.2 Å². The van der Waals surface area contributed by atoms with E-state index >= 15 is 8.78 Å². The number of nitrogens with one attached hydrogen (secondary N) is 2. The minimum atomic E-state index is -1.75. The first-order valence-corrected chi connectivity index (χ1v) is 14.9. The molecular weight excluding hydrogens is 695 g/mol. The number of carbonyl (C=O) groups is 4. The summed E-state index contributed by atoms with van der Waals surface area (Å²) in [6, 6.07) is 9.31. The molecule has 0 aliphatic heterocycles. The molecular formula is C33H22F2MgN10O6. The number of carboxylic acids is 2. The number of nitrogens with zero attached hydrogens (tertiary/aromatic N) is 8. The summed E-state index contributed by atoms with van der Waals surface area (Å²) in [7, 11) is 0. The van der Waals surface area contributed by atoms with Crippen molar-refractivity contribution in [2.75, 3.05) is 10.6 Å². The van der Waals surface area contributed by atoms with Crippen LogP contribution in [0.5, 0.6) is 0 Å². The standard InChI is InChI=1S/C33H24F2N10O6.Mg/c34-22-14-20(32(48)49)26(38-30(46)24-4-6-28(42-40-24)44-10-8-36-16-44)12-18(22)2-1-3-19-13-27(21(33(50)51)15-23(19)35)39-31(47)25-5-7-29(43-41-25)45-11-9-37-17-45;/h4-17H,1-3H2,(H,38,46)(H,39,47)(H,48,49)(H,50,51);/q;+2/p-2. The predicted molar refractivity (Wildman–Crippen MR) is 173 cm³/mol. The summed E-state index contributed by atoms with van der Waals surface area (Å²) in [4.78, 5) is 57.1. The number of halogens is 2. The largest absolute Gasteiger partial charge is 2.00 e. The first kappa shape index (κ1) is 36.8. The Morgan fingerprint density at radius 2 is 1.06 bits per heavy atom. The molecule has 6 aromatic rings. The molecule has 2 amide bonds. The predicted octanol–water partition coefficient (Wildman–Crippen LogP) is 0.942. The Hall–Kier alpha value is -6.47. The fraction of sp³-hybridized carbons (Fsp3) is 0.0909. The van der Waals surface area contributed by atoms with Crippen LogP contribution in [-0.4, -0.2) is 86.3 Å². The Balaban J connectivity index is 0.00000523. The average Bonchev–Trinajstić information content (AvgIpc) is 3.86. The molecule has 0 saturated heterocycles. The van der Waals surface area contributed by atoms with Gasteiger partial charge in [-0.15, -0.1) is 20.4 Å². The van der Waals surface area contributed by atoms with Crippen molar-refractivity contribution < 1.29 is 38.2 Å². The number of amides is 2. The molecule has 0 saturated carbocycles. The molecule has 0 bridgehead atoms. The summed E-state index contributed by atoms with van der Waals surface area (Å²) >= 11 is 0. The van der Waals surface area contributed by atoms with Gasteiger partial charge in [0.2, 0.25) is 0 Å². The van der Waals surface area contributed by atoms with Crippen LogP contribution in [0.25, 0.3) is 11.6 Å². The SMILES string of the molecule is O=C(Nc1cc(CCCc2cc(NC(=O)c3ccc(-n4ccnc4)nn3)c(C(=O)[O-])cc2F)c(F)cc1C(=O)[O-])c1ccc(-n2ccnc2)nn1.[Mg+2]. The van der Waals surface area contributed by atoms with Crippen LogP contribution < -0.4 is 20.8 Å². The van der Waals surface area contributed by atoms with Crippen LogP contribution in [0.2, 0.25) is 0 Å². The summed E-state index contributed by atoms with van der Waals surface area (Å²) in [5, 5.41) is 43.9. The van der Waals surface area contributed by atoms with E-state index < -0.39 is 46.5 Å². The van der Waals surface area contributed by atoms with Gasteiger partial charge in [-0.05, 0) is 78.9 Å². The van der Waals surface area contributed by atoms with Gasteiger partial charge in [-0.25, -0.2) is 18.7 Å². The molecule has 0 unspecified atom stereocenters. The van der Waals surface area contributed by atoms with Crippen LogP contribution in [0.4, 0.5) is 20.2 Å². The van der Waals surface area contributed by atoms with Crippen molar-refractivity contribution in [2.24, 2.45) is 0 Å². The Bertz CT molecular complexity index is 2090. The molecule has 4 aromatic heterocycles. The zero-order valence-electron chi connectivity index (χ0n) is 26.7. The van der Waals surface area contributed by atoms with E-state index in [9.17, 15) is 29.4 Å². The number of rotatable bonds is 12. The number of imidazole rings is 2. The molecule has 0 atom stereocenters. The number of carboxylic acid groups (broad SMARTS) is 2. The second-order valence-corrected chi connectivity index (χ2v) is 10.8. The third kappa shape index (κ3) is 8.28. The molecule has 0 fully saturated rings. The molecule has 0 aliphatic rings. The van der Waals surface area contributed by atoms with Crippen molar-refractivity contribution in [3.63, 3.8) is 0 Å². The number of carbonyl (C=O) groups excluding carboxylic acids is 4. The third-order valence-electron chi connectivity index (χ3n) is 7.51. The minimum absolute atomic E-state index is 0. The van der Waals surface area contributed by atoms with Gasteiger partial charge in [0.15, 0.2) is 23.0 Å². The summed E-state index contributed by atoms with van der Waals surface area (Å²) in [5.41, 5.74) is -2.16. The Kier molecular flexibility index (Phi) is 11.3. The number of benzene rings is 2.